The van der Waals surface area contributed by atoms with Crippen molar-refractivity contribution in [3.63, 3.8) is 0 Å². The number of nitrogens with zero attached hydrogens (tertiary/aromatic N) is 1. The maximum absolute atomic E-state index is 12.1. The van der Waals surface area contributed by atoms with Gasteiger partial charge >= 0.3 is 6.09 Å². The average molecular weight is 395 g/mol. The minimum Gasteiger partial charge on any atom is -0.444 e. The Morgan fingerprint density at radius 2 is 2.00 bits per heavy atom. The minimum absolute atomic E-state index is 0.143. The quantitative estimate of drug-likeness (QED) is 0.541. The predicted molar refractivity (Wildman–Crippen MR) is 87.2 cm³/mol. The fourth-order valence-corrected chi connectivity index (χ4v) is 3.35. The van der Waals surface area contributed by atoms with E-state index in [0.717, 1.165) is 19.1 Å². The second kappa shape index (κ2) is 6.38. The fraction of sp³-hybridized carbons (Fsp3) is 0.933. The summed E-state index contributed by atoms with van der Waals surface area (Å²) in [6.45, 7) is 10.1. The number of alkyl halides is 1. The molecule has 3 atom stereocenters. The summed E-state index contributed by atoms with van der Waals surface area (Å²) in [5.41, 5.74) is -0.433. The first-order valence-electron chi connectivity index (χ1n) is 7.50. The molecule has 0 bridgehead atoms. The number of amides is 1. The molecule has 1 heterocycles. The molecular weight excluding hydrogens is 369 g/mol. The number of rotatable bonds is 4. The van der Waals surface area contributed by atoms with E-state index in [2.05, 4.69) is 29.5 Å². The lowest BCUT2D eigenvalue weighted by atomic mass is 10.1. The van der Waals surface area contributed by atoms with E-state index in [1.807, 2.05) is 20.8 Å². The second-order valence-electron chi connectivity index (χ2n) is 7.09. The van der Waals surface area contributed by atoms with E-state index >= 15 is 0 Å². The Bertz CT molecular complexity index is 352. The third-order valence-electron chi connectivity index (χ3n) is 3.85. The zero-order valence-corrected chi connectivity index (χ0v) is 15.1. The first-order valence-corrected chi connectivity index (χ1v) is 8.74. The molecule has 1 saturated heterocycles. The van der Waals surface area contributed by atoms with Crippen molar-refractivity contribution in [3.05, 3.63) is 0 Å². The molecule has 2 fully saturated rings. The van der Waals surface area contributed by atoms with Gasteiger partial charge < -0.3 is 14.4 Å². The zero-order valence-electron chi connectivity index (χ0n) is 12.9. The van der Waals surface area contributed by atoms with Crippen LogP contribution < -0.4 is 0 Å². The SMILES string of the molecule is CC(COC1CN(C(=O)OC(C)(C)C)CC1I)C1CC1. The Kier molecular flexibility index (Phi) is 5.21. The van der Waals surface area contributed by atoms with Gasteiger partial charge in [0.2, 0.25) is 0 Å². The molecule has 0 aromatic rings. The molecule has 0 aromatic heterocycles. The van der Waals surface area contributed by atoms with E-state index in [4.69, 9.17) is 9.47 Å². The van der Waals surface area contributed by atoms with Crippen LogP contribution in [0.25, 0.3) is 0 Å². The molecule has 1 aliphatic carbocycles. The van der Waals surface area contributed by atoms with Crippen LogP contribution in [0.3, 0.4) is 0 Å². The number of carbonyl (C=O) groups excluding carboxylic acids is 1. The third-order valence-corrected chi connectivity index (χ3v) is 5.05. The molecule has 0 N–H and O–H groups in total. The van der Waals surface area contributed by atoms with Crippen molar-refractivity contribution in [2.75, 3.05) is 19.7 Å². The van der Waals surface area contributed by atoms with Gasteiger partial charge in [-0.3, -0.25) is 0 Å². The van der Waals surface area contributed by atoms with Crippen LogP contribution in [-0.2, 0) is 9.47 Å². The van der Waals surface area contributed by atoms with Gasteiger partial charge in [-0.15, -0.1) is 0 Å². The van der Waals surface area contributed by atoms with Gasteiger partial charge in [0.15, 0.2) is 0 Å². The second-order valence-corrected chi connectivity index (χ2v) is 8.69. The van der Waals surface area contributed by atoms with Gasteiger partial charge in [0.1, 0.15) is 5.60 Å². The molecule has 116 valence electrons. The molecule has 2 aliphatic rings. The van der Waals surface area contributed by atoms with Gasteiger partial charge in [-0.05, 0) is 45.4 Å². The van der Waals surface area contributed by atoms with Crippen LogP contribution in [0.4, 0.5) is 4.79 Å². The molecule has 0 spiro atoms. The Hall–Kier alpha value is -0.0400. The van der Waals surface area contributed by atoms with Crippen molar-refractivity contribution >= 4 is 28.7 Å². The van der Waals surface area contributed by atoms with E-state index in [0.29, 0.717) is 16.4 Å². The standard InChI is InChI=1S/C15H26INO3/c1-10(11-5-6-11)9-19-13-8-17(7-12(13)16)14(18)20-15(2,3)4/h10-13H,5-9H2,1-4H3. The lowest BCUT2D eigenvalue weighted by Gasteiger charge is -2.24. The molecule has 20 heavy (non-hydrogen) atoms. The first kappa shape index (κ1) is 16.3. The molecule has 1 saturated carbocycles. The third kappa shape index (κ3) is 4.76. The maximum atomic E-state index is 12.1. The normalized spacial score (nSPS) is 28.6. The van der Waals surface area contributed by atoms with Crippen LogP contribution in [0.1, 0.15) is 40.5 Å². The van der Waals surface area contributed by atoms with Crippen molar-refractivity contribution in [1.82, 2.24) is 4.90 Å². The number of hydrogen-bond donors (Lipinski definition) is 0. The van der Waals surface area contributed by atoms with Gasteiger partial charge in [0.05, 0.1) is 16.6 Å². The fourth-order valence-electron chi connectivity index (χ4n) is 2.44. The summed E-state index contributed by atoms with van der Waals surface area (Å²) >= 11 is 2.39. The van der Waals surface area contributed by atoms with Crippen LogP contribution >= 0.6 is 22.6 Å². The predicted octanol–water partition coefficient (Wildman–Crippen LogP) is 3.47. The summed E-state index contributed by atoms with van der Waals surface area (Å²) in [6.07, 6.45) is 2.63. The lowest BCUT2D eigenvalue weighted by molar-refractivity contribution is 0.0159. The van der Waals surface area contributed by atoms with E-state index < -0.39 is 5.60 Å². The highest BCUT2D eigenvalue weighted by Gasteiger charge is 2.37. The highest BCUT2D eigenvalue weighted by atomic mass is 127. The maximum Gasteiger partial charge on any atom is 0.410 e. The van der Waals surface area contributed by atoms with Crippen LogP contribution in [-0.4, -0.2) is 46.3 Å². The molecule has 3 unspecified atom stereocenters. The van der Waals surface area contributed by atoms with E-state index in [9.17, 15) is 4.79 Å². The average Bonchev–Trinajstić information content (AvgIpc) is 3.08. The molecule has 1 aliphatic heterocycles. The monoisotopic (exact) mass is 395 g/mol. The summed E-state index contributed by atoms with van der Waals surface area (Å²) in [5, 5.41) is 0. The van der Waals surface area contributed by atoms with Crippen molar-refractivity contribution in [1.29, 1.82) is 0 Å². The summed E-state index contributed by atoms with van der Waals surface area (Å²) in [7, 11) is 0. The molecule has 2 rings (SSSR count). The van der Waals surface area contributed by atoms with Crippen LogP contribution in [0, 0.1) is 11.8 Å². The molecule has 0 aromatic carbocycles. The molecule has 5 heteroatoms. The highest BCUT2D eigenvalue weighted by molar-refractivity contribution is 14.1. The first-order chi connectivity index (χ1) is 9.26. The summed E-state index contributed by atoms with van der Waals surface area (Å²) in [6, 6.07) is 0. The van der Waals surface area contributed by atoms with Crippen molar-refractivity contribution < 1.29 is 14.3 Å². The van der Waals surface area contributed by atoms with Crippen LogP contribution in [0.15, 0.2) is 0 Å². The van der Waals surface area contributed by atoms with E-state index in [1.54, 1.807) is 4.90 Å². The van der Waals surface area contributed by atoms with Crippen LogP contribution in [0.2, 0.25) is 0 Å². The van der Waals surface area contributed by atoms with Gasteiger partial charge in [-0.25, -0.2) is 4.79 Å². The van der Waals surface area contributed by atoms with Crippen molar-refractivity contribution in [3.8, 4) is 0 Å². The number of likely N-dealkylation sites (tertiary alicyclic amines) is 1. The Morgan fingerprint density at radius 1 is 1.35 bits per heavy atom. The summed E-state index contributed by atoms with van der Waals surface area (Å²) < 4.78 is 11.8. The Balaban J connectivity index is 1.77. The van der Waals surface area contributed by atoms with Crippen LogP contribution in [0.5, 0.6) is 0 Å². The van der Waals surface area contributed by atoms with Crippen molar-refractivity contribution in [2.45, 2.75) is 56.2 Å². The topological polar surface area (TPSA) is 38.8 Å². The molecule has 0 radical (unpaired) electrons. The largest absolute Gasteiger partial charge is 0.444 e. The summed E-state index contributed by atoms with van der Waals surface area (Å²) in [4.78, 5) is 13.8. The lowest BCUT2D eigenvalue weighted by Crippen LogP contribution is -2.36. The summed E-state index contributed by atoms with van der Waals surface area (Å²) in [5.74, 6) is 1.51. The van der Waals surface area contributed by atoms with Gasteiger partial charge in [0.25, 0.3) is 0 Å². The Morgan fingerprint density at radius 3 is 2.55 bits per heavy atom. The number of halogens is 1. The molecule has 1 amide bonds. The van der Waals surface area contributed by atoms with E-state index in [-0.39, 0.29) is 12.2 Å². The minimum atomic E-state index is -0.433. The number of hydrogen-bond acceptors (Lipinski definition) is 3. The van der Waals surface area contributed by atoms with Gasteiger partial charge in [-0.2, -0.15) is 0 Å². The van der Waals surface area contributed by atoms with E-state index in [1.165, 1.54) is 12.8 Å². The number of ether oxygens (including phenoxy) is 2. The van der Waals surface area contributed by atoms with Crippen molar-refractivity contribution in [2.24, 2.45) is 11.8 Å². The Labute approximate surface area is 135 Å². The smallest absolute Gasteiger partial charge is 0.410 e. The zero-order chi connectivity index (χ0) is 14.9. The molecule has 4 nitrogen and oxygen atoms in total. The highest BCUT2D eigenvalue weighted by Crippen LogP contribution is 2.37. The molecular formula is C15H26INO3. The number of carbonyl (C=O) groups is 1. The van der Waals surface area contributed by atoms with Gasteiger partial charge in [0, 0.05) is 13.2 Å². The van der Waals surface area contributed by atoms with Gasteiger partial charge in [-0.1, -0.05) is 29.5 Å².